The van der Waals surface area contributed by atoms with Gasteiger partial charge in [0.1, 0.15) is 11.8 Å². The lowest BCUT2D eigenvalue weighted by atomic mass is 9.76. The number of aliphatic carboxylic acids is 1. The van der Waals surface area contributed by atoms with Gasteiger partial charge < -0.3 is 21.7 Å². The molecule has 35 heavy (non-hydrogen) atoms. The van der Waals surface area contributed by atoms with Crippen molar-refractivity contribution in [2.75, 3.05) is 11.4 Å². The van der Waals surface area contributed by atoms with E-state index < -0.39 is 46.8 Å². The fraction of sp³-hybridized carbons (Fsp3) is 0.292. The molecule has 11 heteroatoms. The maximum atomic E-state index is 13.8. The Balaban J connectivity index is 1.94. The highest BCUT2D eigenvalue weighted by atomic mass is 16.4. The number of carboxylic acids is 1. The molecule has 2 heterocycles. The normalized spacial score (nSPS) is 28.2. The number of anilines is 1. The van der Waals surface area contributed by atoms with E-state index in [9.17, 15) is 29.4 Å². The van der Waals surface area contributed by atoms with Crippen molar-refractivity contribution in [2.45, 2.75) is 24.6 Å². The lowest BCUT2D eigenvalue weighted by molar-refractivity contribution is -0.193. The molecule has 2 fully saturated rings. The van der Waals surface area contributed by atoms with Crippen molar-refractivity contribution in [1.29, 1.82) is 5.41 Å². The molecule has 2 aromatic carbocycles. The van der Waals surface area contributed by atoms with Gasteiger partial charge in [-0.05, 0) is 24.6 Å². The van der Waals surface area contributed by atoms with Crippen LogP contribution >= 0.6 is 0 Å². The Morgan fingerprint density at radius 1 is 1.00 bits per heavy atom. The number of carbonyl (C=O) groups excluding carboxylic acids is 3. The number of aliphatic hydroxyl groups is 1. The largest absolute Gasteiger partial charge is 0.478 e. The zero-order chi connectivity index (χ0) is 25.7. The summed E-state index contributed by atoms with van der Waals surface area (Å²) >= 11 is 0. The number of fused-ring (bicyclic) bond motifs is 1. The Morgan fingerprint density at radius 2 is 1.57 bits per heavy atom. The van der Waals surface area contributed by atoms with Gasteiger partial charge in [-0.15, -0.1) is 0 Å². The van der Waals surface area contributed by atoms with Crippen molar-refractivity contribution in [2.24, 2.45) is 23.3 Å². The van der Waals surface area contributed by atoms with E-state index in [1.165, 1.54) is 12.1 Å². The van der Waals surface area contributed by atoms with E-state index in [0.717, 1.165) is 9.80 Å². The van der Waals surface area contributed by atoms with Crippen LogP contribution in [0.2, 0.25) is 0 Å². The summed E-state index contributed by atoms with van der Waals surface area (Å²) in [6.45, 7) is 1.23. The Hall–Kier alpha value is -4.09. The highest BCUT2D eigenvalue weighted by molar-refractivity contribution is 6.24. The number of amides is 3. The molecular formula is C24H25N5O6. The van der Waals surface area contributed by atoms with E-state index in [-0.39, 0.29) is 24.5 Å². The molecule has 0 bridgehead atoms. The highest BCUT2D eigenvalue weighted by Gasteiger charge is 2.76. The van der Waals surface area contributed by atoms with E-state index in [4.69, 9.17) is 16.9 Å². The number of carbonyl (C=O) groups is 4. The van der Waals surface area contributed by atoms with E-state index >= 15 is 0 Å². The highest BCUT2D eigenvalue weighted by Crippen LogP contribution is 2.58. The molecule has 0 aliphatic carbocycles. The average Bonchev–Trinajstić information content (AvgIpc) is 3.21. The van der Waals surface area contributed by atoms with Gasteiger partial charge in [-0.1, -0.05) is 42.5 Å². The first-order chi connectivity index (χ1) is 16.5. The molecule has 4 unspecified atom stereocenters. The summed E-state index contributed by atoms with van der Waals surface area (Å²) in [6.07, 6.45) is -0.319. The third-order valence-corrected chi connectivity index (χ3v) is 7.01. The molecule has 0 saturated carbocycles. The summed E-state index contributed by atoms with van der Waals surface area (Å²) in [5.74, 6) is -7.15. The smallest absolute Gasteiger partial charge is 0.352 e. The van der Waals surface area contributed by atoms with Crippen molar-refractivity contribution in [3.8, 4) is 0 Å². The number of nitrogens with zero attached hydrogens (tertiary/aromatic N) is 2. The van der Waals surface area contributed by atoms with E-state index in [1.54, 1.807) is 49.4 Å². The van der Waals surface area contributed by atoms with E-state index in [0.29, 0.717) is 11.1 Å². The monoisotopic (exact) mass is 479 g/mol. The van der Waals surface area contributed by atoms with Gasteiger partial charge in [-0.3, -0.25) is 24.7 Å². The van der Waals surface area contributed by atoms with Crippen LogP contribution in [0.15, 0.2) is 54.6 Å². The minimum absolute atomic E-state index is 0.194. The van der Waals surface area contributed by atoms with Gasteiger partial charge in [0.05, 0.1) is 17.1 Å². The first kappa shape index (κ1) is 24.0. The SMILES string of the molecule is CC1(c2ccc(C(=N)N)cc2)C2C(=O)N(c3ccccc3)C(=O)C2C(O)(C(=O)O)N1CCC(N)=O. The third-order valence-electron chi connectivity index (χ3n) is 7.01. The van der Waals surface area contributed by atoms with Crippen molar-refractivity contribution in [1.82, 2.24) is 4.90 Å². The molecule has 0 aromatic heterocycles. The summed E-state index contributed by atoms with van der Waals surface area (Å²) < 4.78 is 0. The molecule has 11 nitrogen and oxygen atoms in total. The number of rotatable bonds is 7. The standard InChI is InChI=1S/C24H25N5O6/c1-23(14-9-7-13(8-10-14)19(26)27)17-18(24(35,22(33)34)28(23)12-11-16(25)30)21(32)29(20(17)31)15-5-3-2-4-6-15/h2-10,17-18,35H,11-12H2,1H3,(H2,25,30)(H3,26,27)(H,33,34). The molecule has 2 aliphatic rings. The number of amidine groups is 1. The number of carboxylic acid groups (broad SMARTS) is 1. The Kier molecular flexibility index (Phi) is 5.70. The van der Waals surface area contributed by atoms with Crippen molar-refractivity contribution in [3.63, 3.8) is 0 Å². The van der Waals surface area contributed by atoms with Gasteiger partial charge in [0.25, 0.3) is 0 Å². The molecular weight excluding hydrogens is 454 g/mol. The van der Waals surface area contributed by atoms with E-state index in [1.807, 2.05) is 0 Å². The Labute approximate surface area is 200 Å². The zero-order valence-corrected chi connectivity index (χ0v) is 18.8. The second-order valence-corrected chi connectivity index (χ2v) is 8.84. The quantitative estimate of drug-likeness (QED) is 0.207. The third kappa shape index (κ3) is 3.39. The van der Waals surface area contributed by atoms with Crippen molar-refractivity contribution >= 4 is 35.2 Å². The Morgan fingerprint density at radius 3 is 2.09 bits per heavy atom. The summed E-state index contributed by atoms with van der Waals surface area (Å²) in [5, 5.41) is 29.4. The number of benzene rings is 2. The van der Waals surface area contributed by atoms with Gasteiger partial charge in [-0.2, -0.15) is 0 Å². The molecule has 3 amide bonds. The van der Waals surface area contributed by atoms with Crippen LogP contribution in [0.4, 0.5) is 5.69 Å². The first-order valence-corrected chi connectivity index (χ1v) is 10.8. The van der Waals surface area contributed by atoms with Crippen LogP contribution in [-0.2, 0) is 24.7 Å². The van der Waals surface area contributed by atoms with Gasteiger partial charge >= 0.3 is 5.97 Å². The molecule has 4 atom stereocenters. The number of hydrogen-bond acceptors (Lipinski definition) is 7. The topological polar surface area (TPSA) is 191 Å². The number of hydrogen-bond donors (Lipinski definition) is 5. The van der Waals surface area contributed by atoms with Crippen molar-refractivity contribution < 1.29 is 29.4 Å². The number of nitrogens with one attached hydrogen (secondary N) is 1. The lowest BCUT2D eigenvalue weighted by Crippen LogP contribution is -2.61. The molecule has 7 N–H and O–H groups in total. The number of primary amides is 1. The molecule has 2 aromatic rings. The van der Waals surface area contributed by atoms with E-state index in [2.05, 4.69) is 0 Å². The maximum Gasteiger partial charge on any atom is 0.352 e. The number of likely N-dealkylation sites (tertiary alicyclic amines) is 1. The van der Waals surface area contributed by atoms with Gasteiger partial charge in [0.15, 0.2) is 0 Å². The molecule has 2 aliphatic heterocycles. The number of para-hydroxylation sites is 1. The molecule has 0 radical (unpaired) electrons. The minimum atomic E-state index is -2.80. The number of imide groups is 1. The molecule has 0 spiro atoms. The average molecular weight is 479 g/mol. The maximum absolute atomic E-state index is 13.8. The second-order valence-electron chi connectivity index (χ2n) is 8.84. The van der Waals surface area contributed by atoms with Crippen LogP contribution in [-0.4, -0.2) is 56.9 Å². The second kappa shape index (κ2) is 8.29. The molecule has 4 rings (SSSR count). The summed E-state index contributed by atoms with van der Waals surface area (Å²) in [4.78, 5) is 53.5. The fourth-order valence-electron chi connectivity index (χ4n) is 5.36. The molecule has 2 saturated heterocycles. The van der Waals surface area contributed by atoms with Crippen molar-refractivity contribution in [3.05, 3.63) is 65.7 Å². The fourth-order valence-corrected chi connectivity index (χ4v) is 5.36. The predicted octanol–water partition coefficient (Wildman–Crippen LogP) is -0.0441. The van der Waals surface area contributed by atoms with Crippen LogP contribution < -0.4 is 16.4 Å². The number of nitrogens with two attached hydrogens (primary N) is 2. The minimum Gasteiger partial charge on any atom is -0.478 e. The first-order valence-electron chi connectivity index (χ1n) is 10.8. The van der Waals surface area contributed by atoms with Gasteiger partial charge in [0, 0.05) is 18.5 Å². The summed E-state index contributed by atoms with van der Waals surface area (Å²) in [7, 11) is 0. The summed E-state index contributed by atoms with van der Waals surface area (Å²) in [6, 6.07) is 14.2. The number of nitrogen functional groups attached to an aromatic ring is 1. The van der Waals surface area contributed by atoms with Crippen LogP contribution in [0.25, 0.3) is 0 Å². The zero-order valence-electron chi connectivity index (χ0n) is 18.8. The van der Waals surface area contributed by atoms with Crippen LogP contribution in [0.5, 0.6) is 0 Å². The lowest BCUT2D eigenvalue weighted by Gasteiger charge is -2.43. The predicted molar refractivity (Wildman–Crippen MR) is 124 cm³/mol. The summed E-state index contributed by atoms with van der Waals surface area (Å²) in [5.41, 5.74) is 7.57. The van der Waals surface area contributed by atoms with Gasteiger partial charge in [-0.25, -0.2) is 9.69 Å². The van der Waals surface area contributed by atoms with Crippen LogP contribution in [0.3, 0.4) is 0 Å². The van der Waals surface area contributed by atoms with Gasteiger partial charge in [0.2, 0.25) is 23.4 Å². The molecule has 182 valence electrons. The van der Waals surface area contributed by atoms with Crippen LogP contribution in [0.1, 0.15) is 24.5 Å². The van der Waals surface area contributed by atoms with Crippen LogP contribution in [0, 0.1) is 17.2 Å². The Bertz CT molecular complexity index is 1230.